The van der Waals surface area contributed by atoms with Gasteiger partial charge in [-0.25, -0.2) is 8.78 Å². The van der Waals surface area contributed by atoms with E-state index in [1.54, 1.807) is 39.8 Å². The first-order valence-corrected chi connectivity index (χ1v) is 39.7. The predicted molar refractivity (Wildman–Crippen MR) is 395 cm³/mol. The van der Waals surface area contributed by atoms with Crippen LogP contribution in [0.25, 0.3) is 0 Å². The molecule has 3 heterocycles. The van der Waals surface area contributed by atoms with E-state index in [4.69, 9.17) is 27.9 Å². The number of hydrogen-bond acceptors (Lipinski definition) is 13. The third-order valence-corrected chi connectivity index (χ3v) is 25.0. The fourth-order valence-electron chi connectivity index (χ4n) is 17.8. The molecule has 2 bridgehead atoms. The van der Waals surface area contributed by atoms with Crippen LogP contribution in [0, 0.1) is 40.9 Å². The smallest absolute Gasteiger partial charge is 0.377 e. The molecule has 0 radical (unpaired) electrons. The molecule has 12 atom stereocenters. The van der Waals surface area contributed by atoms with Crippen LogP contribution in [0.3, 0.4) is 0 Å². The third kappa shape index (κ3) is 21.4. The number of fused-ring (bicyclic) bond motifs is 3. The number of hydrogen-bond donors (Lipinski definition) is 3. The van der Waals surface area contributed by atoms with E-state index in [0.717, 1.165) is 19.6 Å². The highest BCUT2D eigenvalue weighted by Gasteiger charge is 2.60. The van der Waals surface area contributed by atoms with Crippen molar-refractivity contribution in [1.29, 1.82) is 0 Å². The second-order valence-electron chi connectivity index (χ2n) is 32.8. The van der Waals surface area contributed by atoms with Crippen LogP contribution in [0.2, 0.25) is 0 Å². The summed E-state index contributed by atoms with van der Waals surface area (Å²) in [6, 6.07) is -10.8. The van der Waals surface area contributed by atoms with Gasteiger partial charge >= 0.3 is 6.18 Å². The zero-order valence-electron chi connectivity index (χ0n) is 65.6. The van der Waals surface area contributed by atoms with Gasteiger partial charge in [-0.3, -0.25) is 57.5 Å². The summed E-state index contributed by atoms with van der Waals surface area (Å²) in [5.41, 5.74) is -2.23. The van der Waals surface area contributed by atoms with E-state index in [1.807, 2.05) is 13.8 Å². The molecule has 6 fully saturated rings. The average molecular weight is 1570 g/mol. The zero-order valence-corrected chi connectivity index (χ0v) is 67.1. The van der Waals surface area contributed by atoms with Crippen LogP contribution in [0.5, 0.6) is 0 Å². The Bertz CT molecular complexity index is 3230. The highest BCUT2D eigenvalue weighted by molar-refractivity contribution is 6.24. The molecular formula is C76H119Cl2F5N12O13. The highest BCUT2D eigenvalue weighted by atomic mass is 35.5. The molecule has 0 aromatic carbocycles. The number of likely N-dealkylation sites (N-methyl/N-ethyl adjacent to an activating group) is 7. The van der Waals surface area contributed by atoms with Crippen molar-refractivity contribution in [2.75, 3.05) is 89.2 Å². The van der Waals surface area contributed by atoms with Crippen LogP contribution in [-0.2, 0) is 62.3 Å². The lowest BCUT2D eigenvalue weighted by atomic mass is 9.58. The number of amides is 12. The normalized spacial score (nSPS) is 32.3. The Kier molecular flexibility index (Phi) is 31.4. The van der Waals surface area contributed by atoms with Gasteiger partial charge in [-0.2, -0.15) is 13.2 Å². The number of rotatable bonds is 14. The maximum absolute atomic E-state index is 15.8. The summed E-state index contributed by atoms with van der Waals surface area (Å²) in [7, 11) is 11.2. The molecule has 108 heavy (non-hydrogen) atoms. The molecule has 2 unspecified atom stereocenters. The van der Waals surface area contributed by atoms with Crippen molar-refractivity contribution in [1.82, 2.24) is 60.0 Å². The number of ether oxygens (including phenoxy) is 1. The van der Waals surface area contributed by atoms with Gasteiger partial charge in [0.1, 0.15) is 53.9 Å². The van der Waals surface area contributed by atoms with Gasteiger partial charge in [-0.15, -0.1) is 23.2 Å². The van der Waals surface area contributed by atoms with Crippen LogP contribution in [-0.4, -0.2) is 287 Å². The zero-order chi connectivity index (χ0) is 80.4. The van der Waals surface area contributed by atoms with Crippen molar-refractivity contribution >= 4 is 94.1 Å². The molecule has 0 aromatic rings. The van der Waals surface area contributed by atoms with Crippen molar-refractivity contribution in [2.45, 2.75) is 266 Å². The topological polar surface area (TPSA) is 279 Å². The Morgan fingerprint density at radius 3 is 1.86 bits per heavy atom. The average Bonchev–Trinajstić information content (AvgIpc) is 0.913. The Balaban J connectivity index is 1.33. The summed E-state index contributed by atoms with van der Waals surface area (Å²) in [6.45, 7) is 9.35. The van der Waals surface area contributed by atoms with E-state index < -0.39 is 215 Å². The van der Waals surface area contributed by atoms with Gasteiger partial charge in [0.25, 0.3) is 0 Å². The number of nitrogens with zero attached hydrogens (tertiary/aromatic N) is 9. The van der Waals surface area contributed by atoms with Gasteiger partial charge in [0.15, 0.2) is 0 Å². The summed E-state index contributed by atoms with van der Waals surface area (Å²) in [5, 5.41) is 6.63. The standard InChI is InChI=1S/C76H119Cl2F5N12O13/c1-15-23-53-65(99)85-62(44(4)16-2)71(105)89(10)41-60(98)91(12)54-26-19-18-22-33-94(70(54)104)57(36-45-27-30-48(31-28-45)76(81,82)83)69(103)88(9)40-58(96)84-52(32-29-46-34-50(77)61(64(79)80)51(78)35-46)67(101)95-39-49(108-17-3)37-55(95)66(100)86-75(42-74(5,6)43-75)73(107)93(14)63(47-24-20-21-25-47)72(106)92(13)56(68(102)87(7)8)38-59(97)90(53)11/h18-19,44-57,61-64H,15-17,20-43H2,1-14H3,(H,84,96)(H,85,99)(H,86,100)/b19-18-/t44-,45?,46?,48?,49+,50?,51?,52-,53-,54-,55-,56-,57-,61?,62-,63-/m0/s1. The summed E-state index contributed by atoms with van der Waals surface area (Å²) in [6.07, 6.45) is -2.21. The highest BCUT2D eigenvalue weighted by Crippen LogP contribution is 2.50. The second kappa shape index (κ2) is 38.2. The van der Waals surface area contributed by atoms with Gasteiger partial charge in [0, 0.05) is 93.3 Å². The molecule has 2 saturated heterocycles. The summed E-state index contributed by atoms with van der Waals surface area (Å²) in [5.74, 6) is -13.6. The predicted octanol–water partition coefficient (Wildman–Crippen LogP) is 6.98. The number of nitrogens with one attached hydrogen (secondary N) is 3. The Morgan fingerprint density at radius 2 is 1.30 bits per heavy atom. The van der Waals surface area contributed by atoms with Crippen LogP contribution in [0.15, 0.2) is 12.2 Å². The fraction of sp³-hybridized carbons (Fsp3) is 0.816. The first-order valence-electron chi connectivity index (χ1n) is 38.8. The molecule has 7 rings (SSSR count). The number of alkyl halides is 7. The SMILES string of the molecule is CCC[C@H]1C(=O)N[C@@H]([C@@H](C)CC)C(=O)N(C)CC(=O)N(C)[C@H]2C/C=C\CCN(C2=O)[C@@H](CC2CCC(C(F)(F)F)CC2)C(=O)N(C)CC(=O)N[C@@H](CCC2CC(Cl)C(C(F)F)C(Cl)C2)C(=O)N2C[C@H](OCC)C[C@H]2C(=O)NC2(CC(C)(C)C2)C(=O)N(C)[C@@H](C2CCCC2)C(=O)N(C)[C@H](C(=O)N(C)C)CC(=O)N1C. The molecular weight excluding hydrogens is 1450 g/mol. The van der Waals surface area contributed by atoms with E-state index in [0.29, 0.717) is 38.5 Å². The van der Waals surface area contributed by atoms with Gasteiger partial charge in [-0.05, 0) is 139 Å². The van der Waals surface area contributed by atoms with Crippen LogP contribution >= 0.6 is 23.2 Å². The third-order valence-electron chi connectivity index (χ3n) is 24.1. The van der Waals surface area contributed by atoms with Crippen molar-refractivity contribution in [3.63, 3.8) is 0 Å². The van der Waals surface area contributed by atoms with Crippen molar-refractivity contribution in [3.8, 4) is 0 Å². The lowest BCUT2D eigenvalue weighted by Gasteiger charge is -2.54. The van der Waals surface area contributed by atoms with E-state index in [1.165, 1.54) is 80.9 Å². The minimum atomic E-state index is -4.47. The molecule has 32 heteroatoms. The van der Waals surface area contributed by atoms with E-state index in [-0.39, 0.29) is 116 Å². The number of carbonyl (C=O) groups is 12. The van der Waals surface area contributed by atoms with Crippen molar-refractivity contribution in [2.24, 2.45) is 40.9 Å². The van der Waals surface area contributed by atoms with E-state index in [2.05, 4.69) is 16.0 Å². The molecule has 3 aliphatic heterocycles. The van der Waals surface area contributed by atoms with Gasteiger partial charge in [0.05, 0.1) is 37.5 Å². The first kappa shape index (κ1) is 88.8. The first-order chi connectivity index (χ1) is 50.6. The lowest BCUT2D eigenvalue weighted by molar-refractivity contribution is -0.184. The van der Waals surface area contributed by atoms with Crippen molar-refractivity contribution < 1.29 is 84.2 Å². The minimum absolute atomic E-state index is 0.0440. The van der Waals surface area contributed by atoms with Crippen LogP contribution < -0.4 is 16.0 Å². The molecule has 3 N–H and O–H groups in total. The Labute approximate surface area is 643 Å². The maximum atomic E-state index is 15.8. The van der Waals surface area contributed by atoms with Gasteiger partial charge in [0.2, 0.25) is 77.3 Å². The fourth-order valence-corrected chi connectivity index (χ4v) is 18.9. The summed E-state index contributed by atoms with van der Waals surface area (Å²) in [4.78, 5) is 193. The largest absolute Gasteiger partial charge is 0.391 e. The molecule has 7 aliphatic rings. The monoisotopic (exact) mass is 1570 g/mol. The summed E-state index contributed by atoms with van der Waals surface area (Å²) < 4.78 is 77.2. The maximum Gasteiger partial charge on any atom is 0.391 e. The Morgan fingerprint density at radius 1 is 0.676 bits per heavy atom. The van der Waals surface area contributed by atoms with Gasteiger partial charge in [-0.1, -0.05) is 72.5 Å². The second-order valence-corrected chi connectivity index (χ2v) is 33.9. The lowest BCUT2D eigenvalue weighted by Crippen LogP contribution is -2.71. The quantitative estimate of drug-likeness (QED) is 0.0900. The molecule has 610 valence electrons. The van der Waals surface area contributed by atoms with E-state index in [9.17, 15) is 50.7 Å². The number of halogens is 7. The molecule has 1 spiro atoms. The van der Waals surface area contributed by atoms with Gasteiger partial charge < -0.3 is 64.8 Å². The molecule has 0 aromatic heterocycles. The Hall–Kier alpha value is -6.43. The molecule has 4 aliphatic carbocycles. The van der Waals surface area contributed by atoms with Crippen LogP contribution in [0.1, 0.15) is 183 Å². The van der Waals surface area contributed by atoms with E-state index >= 15 is 28.8 Å². The minimum Gasteiger partial charge on any atom is -0.377 e. The van der Waals surface area contributed by atoms with Crippen molar-refractivity contribution in [3.05, 3.63) is 12.2 Å². The molecule has 4 saturated carbocycles. The molecule has 12 amide bonds. The number of carbonyl (C=O) groups excluding carboxylic acids is 12. The van der Waals surface area contributed by atoms with Crippen LogP contribution in [0.4, 0.5) is 22.0 Å². The summed E-state index contributed by atoms with van der Waals surface area (Å²) >= 11 is 13.2. The molecule has 25 nitrogen and oxygen atoms in total.